The average Bonchev–Trinajstić information content (AvgIpc) is 3.47. The van der Waals surface area contributed by atoms with Crippen molar-refractivity contribution in [3.8, 4) is 22.3 Å². The van der Waals surface area contributed by atoms with Crippen LogP contribution < -0.4 is 5.73 Å². The SMILES string of the molecule is CN(Cc1ccccc1)Cc1ccc2c(c1)C(c1ccccc1)(c1ccccc1)c1ccccc1-2.NCc1cccc(-c2ccccc2)c1. The topological polar surface area (TPSA) is 29.3 Å². The predicted octanol–water partition coefficient (Wildman–Crippen LogP) is 10.5. The predicted molar refractivity (Wildman–Crippen MR) is 205 cm³/mol. The van der Waals surface area contributed by atoms with Crippen LogP contribution >= 0.6 is 0 Å². The Morgan fingerprint density at radius 1 is 0.429 bits per heavy atom. The van der Waals surface area contributed by atoms with Crippen LogP contribution in [-0.4, -0.2) is 11.9 Å². The van der Waals surface area contributed by atoms with Crippen LogP contribution in [0.2, 0.25) is 0 Å². The average molecular weight is 635 g/mol. The summed E-state index contributed by atoms with van der Waals surface area (Å²) in [7, 11) is 2.20. The third-order valence-corrected chi connectivity index (χ3v) is 9.54. The van der Waals surface area contributed by atoms with Crippen molar-refractivity contribution in [2.45, 2.75) is 25.0 Å². The summed E-state index contributed by atoms with van der Waals surface area (Å²) in [6, 6.07) is 67.4. The van der Waals surface area contributed by atoms with Crippen LogP contribution in [0.5, 0.6) is 0 Å². The molecule has 0 spiro atoms. The van der Waals surface area contributed by atoms with Gasteiger partial charge in [0.2, 0.25) is 0 Å². The second-order valence-corrected chi connectivity index (χ2v) is 12.8. The van der Waals surface area contributed by atoms with Gasteiger partial charge in [-0.1, -0.05) is 182 Å². The monoisotopic (exact) mass is 634 g/mol. The van der Waals surface area contributed by atoms with Gasteiger partial charge in [0.25, 0.3) is 0 Å². The van der Waals surface area contributed by atoms with E-state index in [-0.39, 0.29) is 5.41 Å². The van der Waals surface area contributed by atoms with Crippen LogP contribution in [0, 0.1) is 0 Å². The van der Waals surface area contributed by atoms with Crippen LogP contribution in [0.1, 0.15) is 38.9 Å². The molecule has 0 heterocycles. The van der Waals surface area contributed by atoms with Gasteiger partial charge in [0.05, 0.1) is 5.41 Å². The molecule has 2 N–H and O–H groups in total. The number of nitrogens with two attached hydrogens (primary N) is 1. The summed E-state index contributed by atoms with van der Waals surface area (Å²) in [4.78, 5) is 2.39. The largest absolute Gasteiger partial charge is 0.326 e. The Bertz CT molecular complexity index is 2070. The third-order valence-electron chi connectivity index (χ3n) is 9.54. The first-order valence-corrected chi connectivity index (χ1v) is 17.1. The molecular weight excluding hydrogens is 593 g/mol. The first kappa shape index (κ1) is 32.0. The van der Waals surface area contributed by atoms with Gasteiger partial charge in [-0.05, 0) is 74.3 Å². The van der Waals surface area contributed by atoms with Crippen LogP contribution in [0.4, 0.5) is 0 Å². The highest BCUT2D eigenvalue weighted by atomic mass is 15.1. The molecule has 2 nitrogen and oxygen atoms in total. The molecule has 0 aromatic heterocycles. The van der Waals surface area contributed by atoms with Crippen LogP contribution in [0.15, 0.2) is 188 Å². The van der Waals surface area contributed by atoms with E-state index >= 15 is 0 Å². The smallest absolute Gasteiger partial charge is 0.0713 e. The number of nitrogens with zero attached hydrogens (tertiary/aromatic N) is 1. The molecular formula is C47H42N2. The zero-order valence-corrected chi connectivity index (χ0v) is 28.0. The fourth-order valence-electron chi connectivity index (χ4n) is 7.36. The number of rotatable bonds is 8. The Morgan fingerprint density at radius 3 is 1.59 bits per heavy atom. The summed E-state index contributed by atoms with van der Waals surface area (Å²) in [6.07, 6.45) is 0. The molecule has 0 unspecified atom stereocenters. The number of fused-ring (bicyclic) bond motifs is 3. The lowest BCUT2D eigenvalue weighted by molar-refractivity contribution is 0.319. The first-order valence-electron chi connectivity index (χ1n) is 17.1. The minimum absolute atomic E-state index is 0.331. The molecule has 0 aliphatic heterocycles. The molecule has 2 heteroatoms. The van der Waals surface area contributed by atoms with E-state index in [1.807, 2.05) is 30.3 Å². The summed E-state index contributed by atoms with van der Waals surface area (Å²) >= 11 is 0. The number of hydrogen-bond donors (Lipinski definition) is 1. The molecule has 0 saturated carbocycles. The van der Waals surface area contributed by atoms with E-state index in [2.05, 4.69) is 170 Å². The van der Waals surface area contributed by atoms with E-state index in [0.717, 1.165) is 13.1 Å². The molecule has 1 aliphatic carbocycles. The van der Waals surface area contributed by atoms with Gasteiger partial charge in [-0.15, -0.1) is 0 Å². The maximum absolute atomic E-state index is 5.60. The number of hydrogen-bond acceptors (Lipinski definition) is 2. The molecule has 0 saturated heterocycles. The van der Waals surface area contributed by atoms with Gasteiger partial charge in [0.1, 0.15) is 0 Å². The fraction of sp³-hybridized carbons (Fsp3) is 0.106. The molecule has 0 fully saturated rings. The standard InChI is InChI=1S/C34H29N.C13H13N/c1-35(24-26-13-5-2-6-14-26)25-27-21-22-31-30-19-11-12-20-32(30)34(33(31)23-27,28-15-7-3-8-16-28)29-17-9-4-10-18-29;14-10-11-5-4-8-13(9-11)12-6-2-1-3-7-12/h2-23H,24-25H2,1H3;1-9H,10,14H2. The first-order chi connectivity index (χ1) is 24.2. The zero-order chi connectivity index (χ0) is 33.5. The van der Waals surface area contributed by atoms with Crippen molar-refractivity contribution in [3.05, 3.63) is 227 Å². The molecule has 7 aromatic rings. The maximum Gasteiger partial charge on any atom is 0.0713 e. The lowest BCUT2D eigenvalue weighted by Gasteiger charge is -2.34. The molecule has 240 valence electrons. The summed E-state index contributed by atoms with van der Waals surface area (Å²) in [6.45, 7) is 2.43. The van der Waals surface area contributed by atoms with E-state index < -0.39 is 0 Å². The van der Waals surface area contributed by atoms with Crippen LogP contribution in [-0.2, 0) is 25.0 Å². The van der Waals surface area contributed by atoms with Crippen molar-refractivity contribution in [3.63, 3.8) is 0 Å². The molecule has 49 heavy (non-hydrogen) atoms. The normalized spacial score (nSPS) is 12.5. The van der Waals surface area contributed by atoms with E-state index in [0.29, 0.717) is 6.54 Å². The van der Waals surface area contributed by atoms with Gasteiger partial charge in [-0.3, -0.25) is 4.90 Å². The molecule has 0 radical (unpaired) electrons. The van der Waals surface area contributed by atoms with Gasteiger partial charge < -0.3 is 5.73 Å². The highest BCUT2D eigenvalue weighted by Gasteiger charge is 2.45. The van der Waals surface area contributed by atoms with Gasteiger partial charge in [-0.2, -0.15) is 0 Å². The van der Waals surface area contributed by atoms with Crippen LogP contribution in [0.3, 0.4) is 0 Å². The lowest BCUT2D eigenvalue weighted by atomic mass is 9.67. The third kappa shape index (κ3) is 6.62. The van der Waals surface area contributed by atoms with Gasteiger partial charge in [0, 0.05) is 19.6 Å². The second-order valence-electron chi connectivity index (χ2n) is 12.8. The van der Waals surface area contributed by atoms with E-state index in [9.17, 15) is 0 Å². The molecule has 8 rings (SSSR count). The van der Waals surface area contributed by atoms with E-state index in [1.54, 1.807) is 0 Å². The van der Waals surface area contributed by atoms with Crippen LogP contribution in [0.25, 0.3) is 22.3 Å². The minimum Gasteiger partial charge on any atom is -0.326 e. The Labute approximate surface area is 291 Å². The van der Waals surface area contributed by atoms with Crippen molar-refractivity contribution in [2.75, 3.05) is 7.05 Å². The molecule has 0 bridgehead atoms. The van der Waals surface area contributed by atoms with Gasteiger partial charge in [-0.25, -0.2) is 0 Å². The Kier molecular flexibility index (Phi) is 9.61. The second kappa shape index (κ2) is 14.7. The van der Waals surface area contributed by atoms with E-state index in [1.165, 1.54) is 61.2 Å². The summed E-state index contributed by atoms with van der Waals surface area (Å²) in [5, 5.41) is 0. The maximum atomic E-state index is 5.60. The van der Waals surface area contributed by atoms with Crippen molar-refractivity contribution < 1.29 is 0 Å². The zero-order valence-electron chi connectivity index (χ0n) is 28.0. The summed E-state index contributed by atoms with van der Waals surface area (Å²) in [5.41, 5.74) is 19.6. The van der Waals surface area contributed by atoms with Crippen molar-refractivity contribution in [1.82, 2.24) is 4.90 Å². The summed E-state index contributed by atoms with van der Waals surface area (Å²) < 4.78 is 0. The summed E-state index contributed by atoms with van der Waals surface area (Å²) in [5.74, 6) is 0. The molecule has 7 aromatic carbocycles. The molecule has 1 aliphatic rings. The van der Waals surface area contributed by atoms with E-state index in [4.69, 9.17) is 5.73 Å². The van der Waals surface area contributed by atoms with Crippen molar-refractivity contribution >= 4 is 0 Å². The number of benzene rings is 7. The Morgan fingerprint density at radius 2 is 0.939 bits per heavy atom. The molecule has 0 amide bonds. The molecule has 0 atom stereocenters. The van der Waals surface area contributed by atoms with Gasteiger partial charge >= 0.3 is 0 Å². The minimum atomic E-state index is -0.331. The highest BCUT2D eigenvalue weighted by molar-refractivity contribution is 5.86. The Balaban J connectivity index is 0.000000226. The quantitative estimate of drug-likeness (QED) is 0.180. The Hall–Kier alpha value is -5.54. The van der Waals surface area contributed by atoms with Crippen molar-refractivity contribution in [2.24, 2.45) is 5.73 Å². The lowest BCUT2D eigenvalue weighted by Crippen LogP contribution is -2.28. The van der Waals surface area contributed by atoms with Gasteiger partial charge in [0.15, 0.2) is 0 Å². The highest BCUT2D eigenvalue weighted by Crippen LogP contribution is 2.56. The fourth-order valence-corrected chi connectivity index (χ4v) is 7.36. The van der Waals surface area contributed by atoms with Crippen molar-refractivity contribution in [1.29, 1.82) is 0 Å².